The van der Waals surface area contributed by atoms with Gasteiger partial charge in [-0.1, -0.05) is 0 Å². The fourth-order valence-corrected chi connectivity index (χ4v) is 1.02. The Kier molecular flexibility index (Phi) is 3.47. The third-order valence-corrected chi connectivity index (χ3v) is 1.68. The molecular weight excluding hydrogens is 206 g/mol. The Morgan fingerprint density at radius 1 is 1.38 bits per heavy atom. The summed E-state index contributed by atoms with van der Waals surface area (Å²) in [6.45, 7) is 5.42. The molecule has 1 rings (SSSR count). The second kappa shape index (κ2) is 4.47. The fourth-order valence-electron chi connectivity index (χ4n) is 1.02. The van der Waals surface area contributed by atoms with Gasteiger partial charge in [0.05, 0.1) is 0 Å². The van der Waals surface area contributed by atoms with Crippen LogP contribution >= 0.6 is 0 Å². The zero-order valence-electron chi connectivity index (χ0n) is 10.3. The Hall–Kier alpha value is -1.65. The van der Waals surface area contributed by atoms with Crippen LogP contribution in [-0.2, 0) is 4.74 Å². The van der Waals surface area contributed by atoms with Crippen molar-refractivity contribution in [2.75, 3.05) is 19.0 Å². The lowest BCUT2D eigenvalue weighted by Crippen LogP contribution is -2.25. The van der Waals surface area contributed by atoms with E-state index in [9.17, 15) is 4.79 Å². The fraction of sp³-hybridized carbons (Fsp3) is 0.545. The lowest BCUT2D eigenvalue weighted by Gasteiger charge is -2.19. The summed E-state index contributed by atoms with van der Waals surface area (Å²) >= 11 is 0. The van der Waals surface area contributed by atoms with Crippen molar-refractivity contribution in [1.82, 2.24) is 9.97 Å². The van der Waals surface area contributed by atoms with E-state index in [0.717, 1.165) is 0 Å². The average molecular weight is 223 g/mol. The molecule has 16 heavy (non-hydrogen) atoms. The molecule has 0 saturated carbocycles. The van der Waals surface area contributed by atoms with Gasteiger partial charge in [-0.3, -0.25) is 0 Å². The van der Waals surface area contributed by atoms with Crippen LogP contribution in [0.25, 0.3) is 0 Å². The second-order valence-electron chi connectivity index (χ2n) is 4.63. The number of carbonyl (C=O) groups is 1. The maximum Gasteiger partial charge on any atom is 0.376 e. The molecule has 0 unspecified atom stereocenters. The van der Waals surface area contributed by atoms with Gasteiger partial charge in [-0.25, -0.2) is 14.8 Å². The predicted octanol–water partition coefficient (Wildman–Crippen LogP) is 1.50. The first-order valence-electron chi connectivity index (χ1n) is 5.03. The zero-order chi connectivity index (χ0) is 12.3. The molecule has 0 radical (unpaired) electrons. The maximum atomic E-state index is 11.7. The summed E-state index contributed by atoms with van der Waals surface area (Å²) in [5, 5.41) is 0. The molecule has 0 N–H and O–H groups in total. The molecular formula is C11H17N3O2. The van der Waals surface area contributed by atoms with E-state index >= 15 is 0 Å². The first-order chi connectivity index (χ1) is 7.29. The molecule has 0 aliphatic rings. The smallest absolute Gasteiger partial charge is 0.376 e. The van der Waals surface area contributed by atoms with Gasteiger partial charge < -0.3 is 9.64 Å². The van der Waals surface area contributed by atoms with Crippen LogP contribution in [0.4, 0.5) is 5.82 Å². The minimum atomic E-state index is -0.533. The van der Waals surface area contributed by atoms with Crippen LogP contribution in [0.5, 0.6) is 0 Å². The van der Waals surface area contributed by atoms with Gasteiger partial charge >= 0.3 is 5.97 Å². The van der Waals surface area contributed by atoms with E-state index < -0.39 is 11.6 Å². The first-order valence-corrected chi connectivity index (χ1v) is 5.03. The van der Waals surface area contributed by atoms with Crippen molar-refractivity contribution in [3.8, 4) is 0 Å². The largest absolute Gasteiger partial charge is 0.454 e. The third-order valence-electron chi connectivity index (χ3n) is 1.68. The number of hydrogen-bond acceptors (Lipinski definition) is 5. The molecule has 0 aromatic carbocycles. The van der Waals surface area contributed by atoms with E-state index in [2.05, 4.69) is 9.97 Å². The molecule has 0 atom stereocenters. The van der Waals surface area contributed by atoms with Gasteiger partial charge in [-0.2, -0.15) is 0 Å². The third kappa shape index (κ3) is 3.49. The van der Waals surface area contributed by atoms with Gasteiger partial charge in [0, 0.05) is 20.3 Å². The average Bonchev–Trinajstić information content (AvgIpc) is 2.15. The highest BCUT2D eigenvalue weighted by Crippen LogP contribution is 2.11. The Balaban J connectivity index is 2.88. The molecule has 0 fully saturated rings. The molecule has 0 amide bonds. The van der Waals surface area contributed by atoms with Crippen LogP contribution in [-0.4, -0.2) is 35.6 Å². The van der Waals surface area contributed by atoms with Crippen molar-refractivity contribution >= 4 is 11.8 Å². The summed E-state index contributed by atoms with van der Waals surface area (Å²) in [4.78, 5) is 21.5. The van der Waals surface area contributed by atoms with E-state index in [0.29, 0.717) is 5.82 Å². The zero-order valence-corrected chi connectivity index (χ0v) is 10.3. The SMILES string of the molecule is CN(C)c1ccnc(C(=O)OC(C)(C)C)n1. The van der Waals surface area contributed by atoms with Crippen molar-refractivity contribution in [2.24, 2.45) is 0 Å². The highest BCUT2D eigenvalue weighted by molar-refractivity contribution is 5.85. The molecule has 0 bridgehead atoms. The monoisotopic (exact) mass is 223 g/mol. The Morgan fingerprint density at radius 3 is 2.50 bits per heavy atom. The van der Waals surface area contributed by atoms with Gasteiger partial charge in [0.1, 0.15) is 11.4 Å². The van der Waals surface area contributed by atoms with E-state index in [1.807, 2.05) is 14.1 Å². The Morgan fingerprint density at radius 2 is 2.00 bits per heavy atom. The predicted molar refractivity (Wildman–Crippen MR) is 61.5 cm³/mol. The summed E-state index contributed by atoms with van der Waals surface area (Å²) in [7, 11) is 3.70. The maximum absolute atomic E-state index is 11.7. The molecule has 88 valence electrons. The van der Waals surface area contributed by atoms with Crippen molar-refractivity contribution in [3.05, 3.63) is 18.1 Å². The first kappa shape index (κ1) is 12.4. The summed E-state index contributed by atoms with van der Waals surface area (Å²) in [5.41, 5.74) is -0.533. The number of rotatable bonds is 2. The van der Waals surface area contributed by atoms with E-state index in [1.165, 1.54) is 0 Å². The van der Waals surface area contributed by atoms with E-state index in [-0.39, 0.29) is 5.82 Å². The van der Waals surface area contributed by atoms with Crippen LogP contribution in [0.3, 0.4) is 0 Å². The summed E-state index contributed by atoms with van der Waals surface area (Å²) in [5.74, 6) is 0.258. The molecule has 0 aliphatic heterocycles. The van der Waals surface area contributed by atoms with E-state index in [4.69, 9.17) is 4.74 Å². The quantitative estimate of drug-likeness (QED) is 0.711. The number of anilines is 1. The molecule has 1 aromatic heterocycles. The van der Waals surface area contributed by atoms with Gasteiger partial charge in [0.25, 0.3) is 0 Å². The molecule has 1 heterocycles. The van der Waals surface area contributed by atoms with Crippen molar-refractivity contribution in [3.63, 3.8) is 0 Å². The van der Waals surface area contributed by atoms with Crippen molar-refractivity contribution in [1.29, 1.82) is 0 Å². The Labute approximate surface area is 95.5 Å². The van der Waals surface area contributed by atoms with Crippen LogP contribution in [0.1, 0.15) is 31.4 Å². The van der Waals surface area contributed by atoms with Crippen LogP contribution in [0.15, 0.2) is 12.3 Å². The number of hydrogen-bond donors (Lipinski definition) is 0. The molecule has 0 saturated heterocycles. The normalized spacial score (nSPS) is 11.1. The standard InChI is InChI=1S/C11H17N3O2/c1-11(2,3)16-10(15)9-12-7-6-8(13-9)14(4)5/h6-7H,1-5H3. The molecule has 0 aliphatic carbocycles. The van der Waals surface area contributed by atoms with Gasteiger partial charge in [-0.15, -0.1) is 0 Å². The lowest BCUT2D eigenvalue weighted by atomic mass is 10.2. The molecule has 0 spiro atoms. The van der Waals surface area contributed by atoms with Gasteiger partial charge in [0.15, 0.2) is 0 Å². The molecule has 5 heteroatoms. The molecule has 1 aromatic rings. The van der Waals surface area contributed by atoms with Crippen molar-refractivity contribution in [2.45, 2.75) is 26.4 Å². The number of aromatic nitrogens is 2. The summed E-state index contributed by atoms with van der Waals surface area (Å²) < 4.78 is 5.18. The van der Waals surface area contributed by atoms with Gasteiger partial charge in [-0.05, 0) is 26.8 Å². The Bertz CT molecular complexity index is 383. The molecule has 5 nitrogen and oxygen atoms in total. The summed E-state index contributed by atoms with van der Waals surface area (Å²) in [6.07, 6.45) is 1.54. The van der Waals surface area contributed by atoms with Crippen LogP contribution in [0.2, 0.25) is 0 Å². The number of carbonyl (C=O) groups excluding carboxylic acids is 1. The lowest BCUT2D eigenvalue weighted by molar-refractivity contribution is 0.00557. The topological polar surface area (TPSA) is 55.3 Å². The number of esters is 1. The van der Waals surface area contributed by atoms with Crippen LogP contribution < -0.4 is 4.90 Å². The van der Waals surface area contributed by atoms with Crippen molar-refractivity contribution < 1.29 is 9.53 Å². The van der Waals surface area contributed by atoms with Crippen LogP contribution in [0, 0.1) is 0 Å². The number of nitrogens with zero attached hydrogens (tertiary/aromatic N) is 3. The minimum Gasteiger partial charge on any atom is -0.454 e. The highest BCUT2D eigenvalue weighted by atomic mass is 16.6. The second-order valence-corrected chi connectivity index (χ2v) is 4.63. The van der Waals surface area contributed by atoms with E-state index in [1.54, 1.807) is 37.9 Å². The van der Waals surface area contributed by atoms with Gasteiger partial charge in [0.2, 0.25) is 5.82 Å². The summed E-state index contributed by atoms with van der Waals surface area (Å²) in [6, 6.07) is 1.73. The highest BCUT2D eigenvalue weighted by Gasteiger charge is 2.20. The minimum absolute atomic E-state index is 0.0844. The number of ether oxygens (including phenoxy) is 1.